The molecule has 13 heavy (non-hydrogen) atoms. The summed E-state index contributed by atoms with van der Waals surface area (Å²) in [6, 6.07) is 0. The van der Waals surface area contributed by atoms with E-state index in [0.717, 1.165) is 32.6 Å². The first-order valence-electron chi connectivity index (χ1n) is 4.58. The Balaban J connectivity index is 1.94. The van der Waals surface area contributed by atoms with Crippen LogP contribution in [0.15, 0.2) is 5.16 Å². The molecule has 0 amide bonds. The number of hydrogen-bond donors (Lipinski definition) is 3. The van der Waals surface area contributed by atoms with Gasteiger partial charge in [0, 0.05) is 13.2 Å². The highest BCUT2D eigenvalue weighted by Crippen LogP contribution is 2.14. The Labute approximate surface area is 77.9 Å². The van der Waals surface area contributed by atoms with E-state index < -0.39 is 0 Å². The average Bonchev–Trinajstić information content (AvgIpc) is 2.64. The van der Waals surface area contributed by atoms with E-state index in [0.29, 0.717) is 12.5 Å². The maximum atomic E-state index is 8.25. The second kappa shape index (κ2) is 5.77. The number of nitrogens with two attached hydrogens (primary N) is 1. The van der Waals surface area contributed by atoms with Crippen molar-refractivity contribution in [2.24, 2.45) is 16.8 Å². The Hall–Kier alpha value is -0.810. The van der Waals surface area contributed by atoms with E-state index in [2.05, 4.69) is 10.5 Å². The van der Waals surface area contributed by atoms with Crippen LogP contribution in [0.3, 0.4) is 0 Å². The van der Waals surface area contributed by atoms with Gasteiger partial charge in [-0.2, -0.15) is 0 Å². The van der Waals surface area contributed by atoms with Crippen molar-refractivity contribution in [1.82, 2.24) is 5.32 Å². The smallest absolute Gasteiger partial charge is 0.153 e. The van der Waals surface area contributed by atoms with E-state index in [1.54, 1.807) is 0 Å². The third-order valence-electron chi connectivity index (χ3n) is 2.19. The lowest BCUT2D eigenvalue weighted by Crippen LogP contribution is -2.30. The van der Waals surface area contributed by atoms with Crippen molar-refractivity contribution in [2.45, 2.75) is 12.8 Å². The maximum Gasteiger partial charge on any atom is 0.153 e. The van der Waals surface area contributed by atoms with Gasteiger partial charge in [-0.05, 0) is 25.3 Å². The van der Waals surface area contributed by atoms with Crippen LogP contribution < -0.4 is 11.1 Å². The normalized spacial score (nSPS) is 23.7. The van der Waals surface area contributed by atoms with E-state index in [4.69, 9.17) is 15.7 Å². The first kappa shape index (κ1) is 10.3. The summed E-state index contributed by atoms with van der Waals surface area (Å²) in [5, 5.41) is 14.2. The number of hydrogen-bond acceptors (Lipinski definition) is 4. The number of ether oxygens (including phenoxy) is 1. The van der Waals surface area contributed by atoms with E-state index in [-0.39, 0.29) is 5.84 Å². The fraction of sp³-hybridized carbons (Fsp3) is 0.875. The van der Waals surface area contributed by atoms with Gasteiger partial charge < -0.3 is 21.0 Å². The molecule has 5 heteroatoms. The molecule has 1 atom stereocenters. The Kier molecular flexibility index (Phi) is 4.56. The molecule has 0 bridgehead atoms. The minimum Gasteiger partial charge on any atom is -0.409 e. The largest absolute Gasteiger partial charge is 0.409 e. The van der Waals surface area contributed by atoms with Crippen molar-refractivity contribution < 1.29 is 9.94 Å². The summed E-state index contributed by atoms with van der Waals surface area (Å²) in [6.07, 6.45) is 2.25. The summed E-state index contributed by atoms with van der Waals surface area (Å²) in [6.45, 7) is 3.12. The molecule has 0 aromatic carbocycles. The lowest BCUT2D eigenvalue weighted by molar-refractivity contribution is 0.184. The molecule has 0 saturated carbocycles. The summed E-state index contributed by atoms with van der Waals surface area (Å²) in [4.78, 5) is 0. The molecule has 0 radical (unpaired) electrons. The first-order chi connectivity index (χ1) is 6.33. The minimum atomic E-state index is 0.225. The molecule has 1 rings (SSSR count). The Morgan fingerprint density at radius 3 is 3.15 bits per heavy atom. The minimum absolute atomic E-state index is 0.225. The van der Waals surface area contributed by atoms with Gasteiger partial charge in [-0.25, -0.2) is 0 Å². The molecule has 1 aliphatic heterocycles. The zero-order valence-corrected chi connectivity index (χ0v) is 7.70. The molecule has 0 spiro atoms. The maximum absolute atomic E-state index is 8.25. The standard InChI is InChI=1S/C8H17N3O2/c9-8(11-12)5-10-3-1-7-2-4-13-6-7/h7,10,12H,1-6H2,(H2,9,11). The summed E-state index contributed by atoms with van der Waals surface area (Å²) in [5.41, 5.74) is 5.28. The van der Waals surface area contributed by atoms with Crippen molar-refractivity contribution in [3.8, 4) is 0 Å². The lowest BCUT2D eigenvalue weighted by Gasteiger charge is -2.07. The predicted molar refractivity (Wildman–Crippen MR) is 49.8 cm³/mol. The van der Waals surface area contributed by atoms with Crippen molar-refractivity contribution >= 4 is 5.84 Å². The van der Waals surface area contributed by atoms with Gasteiger partial charge in [0.25, 0.3) is 0 Å². The van der Waals surface area contributed by atoms with E-state index >= 15 is 0 Å². The molecule has 1 unspecified atom stereocenters. The van der Waals surface area contributed by atoms with E-state index in [9.17, 15) is 0 Å². The van der Waals surface area contributed by atoms with Gasteiger partial charge in [0.05, 0.1) is 6.54 Å². The molecule has 1 aliphatic rings. The fourth-order valence-electron chi connectivity index (χ4n) is 1.37. The molecule has 1 heterocycles. The van der Waals surface area contributed by atoms with Crippen LogP contribution in [0, 0.1) is 5.92 Å². The Bertz CT molecular complexity index is 167. The lowest BCUT2D eigenvalue weighted by atomic mass is 10.1. The predicted octanol–water partition coefficient (Wildman–Crippen LogP) is -0.251. The molecule has 0 aromatic heterocycles. The van der Waals surface area contributed by atoms with E-state index in [1.807, 2.05) is 0 Å². The highest BCUT2D eigenvalue weighted by atomic mass is 16.5. The molecule has 76 valence electrons. The zero-order chi connectivity index (χ0) is 9.52. The SMILES string of the molecule is NC(CNCCC1CCOC1)=NO. The van der Waals surface area contributed by atoms with Gasteiger partial charge in [0.1, 0.15) is 0 Å². The van der Waals surface area contributed by atoms with Gasteiger partial charge in [-0.3, -0.25) is 0 Å². The van der Waals surface area contributed by atoms with Crippen molar-refractivity contribution in [1.29, 1.82) is 0 Å². The molecule has 0 aliphatic carbocycles. The quantitative estimate of drug-likeness (QED) is 0.182. The average molecular weight is 187 g/mol. The first-order valence-corrected chi connectivity index (χ1v) is 4.58. The molecular weight excluding hydrogens is 170 g/mol. The monoisotopic (exact) mass is 187 g/mol. The topological polar surface area (TPSA) is 79.9 Å². The summed E-state index contributed by atoms with van der Waals surface area (Å²) in [7, 11) is 0. The summed E-state index contributed by atoms with van der Waals surface area (Å²) >= 11 is 0. The van der Waals surface area contributed by atoms with Gasteiger partial charge in [0.15, 0.2) is 5.84 Å². The second-order valence-corrected chi connectivity index (χ2v) is 3.29. The van der Waals surface area contributed by atoms with Crippen LogP contribution in [0.1, 0.15) is 12.8 Å². The molecule has 0 aromatic rings. The van der Waals surface area contributed by atoms with Gasteiger partial charge in [-0.15, -0.1) is 0 Å². The second-order valence-electron chi connectivity index (χ2n) is 3.29. The van der Waals surface area contributed by atoms with Crippen molar-refractivity contribution in [3.05, 3.63) is 0 Å². The third kappa shape index (κ3) is 4.10. The zero-order valence-electron chi connectivity index (χ0n) is 7.70. The van der Waals surface area contributed by atoms with Crippen molar-refractivity contribution in [2.75, 3.05) is 26.3 Å². The number of amidine groups is 1. The van der Waals surface area contributed by atoms with Crippen LogP contribution in [-0.4, -0.2) is 37.3 Å². The van der Waals surface area contributed by atoms with Gasteiger partial charge >= 0.3 is 0 Å². The van der Waals surface area contributed by atoms with Gasteiger partial charge in [-0.1, -0.05) is 5.16 Å². The van der Waals surface area contributed by atoms with Crippen molar-refractivity contribution in [3.63, 3.8) is 0 Å². The van der Waals surface area contributed by atoms with Crippen LogP contribution in [-0.2, 0) is 4.74 Å². The van der Waals surface area contributed by atoms with Crippen LogP contribution in [0.4, 0.5) is 0 Å². The van der Waals surface area contributed by atoms with Crippen LogP contribution >= 0.6 is 0 Å². The van der Waals surface area contributed by atoms with Crippen LogP contribution in [0.5, 0.6) is 0 Å². The molecule has 1 saturated heterocycles. The van der Waals surface area contributed by atoms with Crippen LogP contribution in [0.25, 0.3) is 0 Å². The Morgan fingerprint density at radius 1 is 1.69 bits per heavy atom. The molecule has 4 N–H and O–H groups in total. The number of rotatable bonds is 5. The Morgan fingerprint density at radius 2 is 2.54 bits per heavy atom. The van der Waals surface area contributed by atoms with E-state index in [1.165, 1.54) is 0 Å². The summed E-state index contributed by atoms with van der Waals surface area (Å²) in [5.74, 6) is 0.905. The fourth-order valence-corrected chi connectivity index (χ4v) is 1.37. The third-order valence-corrected chi connectivity index (χ3v) is 2.19. The number of oxime groups is 1. The highest BCUT2D eigenvalue weighted by molar-refractivity contribution is 5.81. The van der Waals surface area contributed by atoms with Crippen LogP contribution in [0.2, 0.25) is 0 Å². The highest BCUT2D eigenvalue weighted by Gasteiger charge is 2.14. The molecular formula is C8H17N3O2. The molecule has 1 fully saturated rings. The number of nitrogens with zero attached hydrogens (tertiary/aromatic N) is 1. The summed E-state index contributed by atoms with van der Waals surface area (Å²) < 4.78 is 5.24. The number of nitrogens with one attached hydrogen (secondary N) is 1. The molecule has 5 nitrogen and oxygen atoms in total. The van der Waals surface area contributed by atoms with Gasteiger partial charge in [0.2, 0.25) is 0 Å².